The lowest BCUT2D eigenvalue weighted by Gasteiger charge is -2.10. The van der Waals surface area contributed by atoms with Crippen molar-refractivity contribution in [3.05, 3.63) is 96.3 Å². The summed E-state index contributed by atoms with van der Waals surface area (Å²) in [6, 6.07) is 22.9. The number of aromatic nitrogens is 2. The smallest absolute Gasteiger partial charge is 0.119 e. The van der Waals surface area contributed by atoms with Crippen molar-refractivity contribution < 1.29 is 4.74 Å². The molecule has 0 radical (unpaired) electrons. The van der Waals surface area contributed by atoms with Crippen LogP contribution in [0.1, 0.15) is 37.5 Å². The van der Waals surface area contributed by atoms with Crippen LogP contribution in [0.2, 0.25) is 0 Å². The Hall–Kier alpha value is -3.59. The van der Waals surface area contributed by atoms with E-state index >= 15 is 0 Å². The van der Waals surface area contributed by atoms with E-state index < -0.39 is 0 Å². The van der Waals surface area contributed by atoms with Crippen LogP contribution < -0.4 is 4.74 Å². The lowest BCUT2D eigenvalue weighted by Crippen LogP contribution is -2.05. The van der Waals surface area contributed by atoms with Gasteiger partial charge in [0.25, 0.3) is 0 Å². The first-order chi connectivity index (χ1) is 14.5. The molecule has 150 valence electrons. The van der Waals surface area contributed by atoms with Gasteiger partial charge < -0.3 is 4.74 Å². The molecule has 0 saturated heterocycles. The number of benzene rings is 3. The first kappa shape index (κ1) is 19.7. The van der Waals surface area contributed by atoms with E-state index in [2.05, 4.69) is 82.9 Å². The van der Waals surface area contributed by atoms with Crippen LogP contribution in [0.15, 0.2) is 79.6 Å². The van der Waals surface area contributed by atoms with Crippen molar-refractivity contribution >= 4 is 28.8 Å². The molecule has 3 nitrogen and oxygen atoms in total. The maximum atomic E-state index is 5.73. The van der Waals surface area contributed by atoms with Crippen LogP contribution in [0.25, 0.3) is 34.4 Å². The standard InChI is InChI=1S/C27H26N2O/c1-19(2)23-10-7-21(8-11-23)5-6-22-9-16-27-26(17-22)28-18-29(27)24-12-14-25(15-13-24)30-20(3)4/h5-18,20H,1H2,2-4H3/b6-5-. The van der Waals surface area contributed by atoms with Gasteiger partial charge in [0.15, 0.2) is 0 Å². The maximum Gasteiger partial charge on any atom is 0.119 e. The SMILES string of the molecule is C=C(C)c1ccc(/C=C\c2ccc3c(c2)ncn3-c2ccc(OC(C)C)cc2)cc1. The first-order valence-corrected chi connectivity index (χ1v) is 10.2. The molecule has 0 aliphatic rings. The van der Waals surface area contributed by atoms with Gasteiger partial charge >= 0.3 is 0 Å². The summed E-state index contributed by atoms with van der Waals surface area (Å²) < 4.78 is 7.83. The van der Waals surface area contributed by atoms with Gasteiger partial charge in [-0.3, -0.25) is 4.57 Å². The molecule has 4 aromatic rings. The highest BCUT2D eigenvalue weighted by atomic mass is 16.5. The molecule has 0 atom stereocenters. The molecule has 4 rings (SSSR count). The molecule has 0 aliphatic heterocycles. The highest BCUT2D eigenvalue weighted by Crippen LogP contribution is 2.23. The third-order valence-corrected chi connectivity index (χ3v) is 4.93. The topological polar surface area (TPSA) is 27.1 Å². The van der Waals surface area contributed by atoms with Crippen molar-refractivity contribution in [3.63, 3.8) is 0 Å². The molecule has 0 fully saturated rings. The van der Waals surface area contributed by atoms with E-state index in [1.807, 2.05) is 39.2 Å². The average Bonchev–Trinajstić information content (AvgIpc) is 3.16. The Kier molecular flexibility index (Phi) is 5.53. The Morgan fingerprint density at radius 1 is 0.933 bits per heavy atom. The highest BCUT2D eigenvalue weighted by molar-refractivity contribution is 5.82. The third kappa shape index (κ3) is 4.36. The molecule has 0 aliphatic carbocycles. The van der Waals surface area contributed by atoms with E-state index in [1.165, 1.54) is 5.56 Å². The van der Waals surface area contributed by atoms with Crippen LogP contribution in [0, 0.1) is 0 Å². The molecule has 0 amide bonds. The predicted molar refractivity (Wildman–Crippen MR) is 127 cm³/mol. The number of allylic oxidation sites excluding steroid dienone is 1. The number of rotatable bonds is 6. The van der Waals surface area contributed by atoms with E-state index in [9.17, 15) is 0 Å². The third-order valence-electron chi connectivity index (χ3n) is 4.93. The minimum atomic E-state index is 0.167. The zero-order valence-electron chi connectivity index (χ0n) is 17.7. The number of imidazole rings is 1. The van der Waals surface area contributed by atoms with Gasteiger partial charge in [-0.15, -0.1) is 0 Å². The average molecular weight is 395 g/mol. The maximum absolute atomic E-state index is 5.73. The van der Waals surface area contributed by atoms with Gasteiger partial charge in [-0.2, -0.15) is 0 Å². The molecule has 0 N–H and O–H groups in total. The van der Waals surface area contributed by atoms with Crippen molar-refractivity contribution in [2.24, 2.45) is 0 Å². The van der Waals surface area contributed by atoms with Gasteiger partial charge in [0.1, 0.15) is 12.1 Å². The predicted octanol–water partition coefficient (Wildman–Crippen LogP) is 7.02. The van der Waals surface area contributed by atoms with E-state index in [4.69, 9.17) is 4.74 Å². The molecule has 3 heteroatoms. The van der Waals surface area contributed by atoms with Crippen LogP contribution in [-0.4, -0.2) is 15.7 Å². The van der Waals surface area contributed by atoms with E-state index in [1.54, 1.807) is 0 Å². The van der Waals surface area contributed by atoms with Crippen LogP contribution in [-0.2, 0) is 0 Å². The summed E-state index contributed by atoms with van der Waals surface area (Å²) in [6.07, 6.45) is 6.27. The van der Waals surface area contributed by atoms with Crippen molar-refractivity contribution in [2.45, 2.75) is 26.9 Å². The highest BCUT2D eigenvalue weighted by Gasteiger charge is 2.06. The van der Waals surface area contributed by atoms with Gasteiger partial charge in [0.2, 0.25) is 0 Å². The first-order valence-electron chi connectivity index (χ1n) is 10.2. The van der Waals surface area contributed by atoms with Crippen LogP contribution in [0.3, 0.4) is 0 Å². The number of ether oxygens (including phenoxy) is 1. The summed E-state index contributed by atoms with van der Waals surface area (Å²) in [6.45, 7) is 10.1. The van der Waals surface area contributed by atoms with Crippen molar-refractivity contribution in [1.29, 1.82) is 0 Å². The lowest BCUT2D eigenvalue weighted by atomic mass is 10.1. The second-order valence-corrected chi connectivity index (χ2v) is 7.76. The van der Waals surface area contributed by atoms with E-state index in [0.29, 0.717) is 0 Å². The largest absolute Gasteiger partial charge is 0.491 e. The van der Waals surface area contributed by atoms with Gasteiger partial charge in [-0.1, -0.05) is 54.6 Å². The minimum absolute atomic E-state index is 0.167. The zero-order chi connectivity index (χ0) is 21.1. The Bertz CT molecular complexity index is 1200. The van der Waals surface area contributed by atoms with E-state index in [-0.39, 0.29) is 6.10 Å². The van der Waals surface area contributed by atoms with Gasteiger partial charge in [-0.25, -0.2) is 4.98 Å². The van der Waals surface area contributed by atoms with E-state index in [0.717, 1.165) is 39.2 Å². The Labute approximate surface area is 178 Å². The van der Waals surface area contributed by atoms with Crippen LogP contribution in [0.4, 0.5) is 0 Å². The van der Waals surface area contributed by atoms with Crippen LogP contribution >= 0.6 is 0 Å². The quantitative estimate of drug-likeness (QED) is 0.329. The summed E-state index contributed by atoms with van der Waals surface area (Å²) in [7, 11) is 0. The Morgan fingerprint density at radius 3 is 2.27 bits per heavy atom. The summed E-state index contributed by atoms with van der Waals surface area (Å²) in [4.78, 5) is 4.60. The Morgan fingerprint density at radius 2 is 1.60 bits per heavy atom. The van der Waals surface area contributed by atoms with Crippen molar-refractivity contribution in [3.8, 4) is 11.4 Å². The lowest BCUT2D eigenvalue weighted by molar-refractivity contribution is 0.242. The number of hydrogen-bond acceptors (Lipinski definition) is 2. The molecule has 0 saturated carbocycles. The normalized spacial score (nSPS) is 11.5. The summed E-state index contributed by atoms with van der Waals surface area (Å²) >= 11 is 0. The van der Waals surface area contributed by atoms with Crippen LogP contribution in [0.5, 0.6) is 5.75 Å². The molecule has 1 aromatic heterocycles. The number of fused-ring (bicyclic) bond motifs is 1. The number of nitrogens with zero attached hydrogens (tertiary/aromatic N) is 2. The van der Waals surface area contributed by atoms with Crippen molar-refractivity contribution in [2.75, 3.05) is 0 Å². The van der Waals surface area contributed by atoms with Gasteiger partial charge in [-0.05, 0) is 73.9 Å². The zero-order valence-corrected chi connectivity index (χ0v) is 17.7. The Balaban J connectivity index is 1.55. The van der Waals surface area contributed by atoms with Crippen molar-refractivity contribution in [1.82, 2.24) is 9.55 Å². The molecule has 0 unspecified atom stereocenters. The summed E-state index contributed by atoms with van der Waals surface area (Å²) in [5.41, 5.74) is 7.64. The number of hydrogen-bond donors (Lipinski definition) is 0. The summed E-state index contributed by atoms with van der Waals surface area (Å²) in [5.74, 6) is 0.877. The molecule has 30 heavy (non-hydrogen) atoms. The summed E-state index contributed by atoms with van der Waals surface area (Å²) in [5, 5.41) is 0. The second kappa shape index (κ2) is 8.42. The molecular weight excluding hydrogens is 368 g/mol. The monoisotopic (exact) mass is 394 g/mol. The molecule has 0 spiro atoms. The fourth-order valence-electron chi connectivity index (χ4n) is 3.37. The fraction of sp³-hybridized carbons (Fsp3) is 0.148. The minimum Gasteiger partial charge on any atom is -0.491 e. The molecule has 0 bridgehead atoms. The molecular formula is C27H26N2O. The fourth-order valence-corrected chi connectivity index (χ4v) is 3.37. The molecule has 1 heterocycles. The molecule has 3 aromatic carbocycles. The van der Waals surface area contributed by atoms with Gasteiger partial charge in [0, 0.05) is 5.69 Å². The van der Waals surface area contributed by atoms with Gasteiger partial charge in [0.05, 0.1) is 17.1 Å². The second-order valence-electron chi connectivity index (χ2n) is 7.76.